The zero-order chi connectivity index (χ0) is 21.8. The van der Waals surface area contributed by atoms with E-state index in [1.54, 1.807) is 7.11 Å². The number of likely N-dealkylation sites (tertiary alicyclic amines) is 1. The van der Waals surface area contributed by atoms with Crippen molar-refractivity contribution in [3.05, 3.63) is 64.7 Å². The largest absolute Gasteiger partial charge is 0.496 e. The van der Waals surface area contributed by atoms with E-state index >= 15 is 0 Å². The van der Waals surface area contributed by atoms with Gasteiger partial charge in [-0.3, -0.25) is 9.59 Å². The average Bonchev–Trinajstić information content (AvgIpc) is 2.73. The Morgan fingerprint density at radius 2 is 1.83 bits per heavy atom. The number of amides is 2. The van der Waals surface area contributed by atoms with E-state index in [0.717, 1.165) is 29.0 Å². The summed E-state index contributed by atoms with van der Waals surface area (Å²) in [5, 5.41) is 3.03. The molecular formula is C23H26F2N2O3. The Morgan fingerprint density at radius 3 is 2.47 bits per heavy atom. The lowest BCUT2D eigenvalue weighted by atomic mass is 9.94. The minimum Gasteiger partial charge on any atom is -0.496 e. The van der Waals surface area contributed by atoms with Crippen LogP contribution in [0.2, 0.25) is 0 Å². The second-order valence-corrected chi connectivity index (χ2v) is 7.67. The Hall–Kier alpha value is -2.96. The number of carbonyl (C=O) groups excluding carboxylic acids is 2. The molecule has 1 heterocycles. The number of nitrogens with one attached hydrogen (secondary N) is 1. The van der Waals surface area contributed by atoms with Crippen molar-refractivity contribution in [3.63, 3.8) is 0 Å². The summed E-state index contributed by atoms with van der Waals surface area (Å²) in [6, 6.07) is 8.52. The summed E-state index contributed by atoms with van der Waals surface area (Å²) in [5.41, 5.74) is 1.83. The molecule has 2 amide bonds. The number of piperidine rings is 1. The first-order valence-electron chi connectivity index (χ1n) is 9.99. The minimum atomic E-state index is -0.874. The Labute approximate surface area is 175 Å². The molecule has 0 saturated carbocycles. The minimum absolute atomic E-state index is 0.0777. The third-order valence-corrected chi connectivity index (χ3v) is 5.52. The average molecular weight is 416 g/mol. The van der Waals surface area contributed by atoms with E-state index in [1.165, 1.54) is 4.90 Å². The molecular weight excluding hydrogens is 390 g/mol. The number of rotatable bonds is 5. The molecule has 1 N–H and O–H groups in total. The first-order chi connectivity index (χ1) is 14.3. The zero-order valence-electron chi connectivity index (χ0n) is 17.4. The highest BCUT2D eigenvalue weighted by atomic mass is 19.1. The molecule has 2 aromatic rings. The lowest BCUT2D eigenvalue weighted by Crippen LogP contribution is -2.43. The lowest BCUT2D eigenvalue weighted by molar-refractivity contribution is -0.127. The lowest BCUT2D eigenvalue weighted by Gasteiger charge is -2.32. The number of hydrogen-bond donors (Lipinski definition) is 1. The van der Waals surface area contributed by atoms with Crippen LogP contribution in [0.25, 0.3) is 0 Å². The highest BCUT2D eigenvalue weighted by Gasteiger charge is 2.30. The fourth-order valence-corrected chi connectivity index (χ4v) is 3.78. The summed E-state index contributed by atoms with van der Waals surface area (Å²) in [6.45, 7) is 4.57. The van der Waals surface area contributed by atoms with E-state index in [9.17, 15) is 18.4 Å². The molecule has 0 spiro atoms. The number of benzene rings is 2. The Bertz CT molecular complexity index is 940. The highest BCUT2D eigenvalue weighted by Crippen LogP contribution is 2.27. The van der Waals surface area contributed by atoms with Gasteiger partial charge in [0.25, 0.3) is 5.91 Å². The van der Waals surface area contributed by atoms with E-state index < -0.39 is 17.5 Å². The number of halogens is 2. The number of aryl methyl sites for hydroxylation is 1. The molecule has 7 heteroatoms. The SMILES string of the molecule is COc1ccc(C)cc1C(C)NC(=O)C1CCN(C(=O)c2ccc(F)cc2F)CC1. The van der Waals surface area contributed by atoms with Gasteiger partial charge >= 0.3 is 0 Å². The molecule has 0 aromatic heterocycles. The molecule has 0 bridgehead atoms. The van der Waals surface area contributed by atoms with Gasteiger partial charge in [-0.05, 0) is 44.9 Å². The first kappa shape index (κ1) is 21.7. The molecule has 160 valence electrons. The van der Waals surface area contributed by atoms with Crippen LogP contribution < -0.4 is 10.1 Å². The topological polar surface area (TPSA) is 58.6 Å². The van der Waals surface area contributed by atoms with Crippen molar-refractivity contribution in [1.29, 1.82) is 0 Å². The summed E-state index contributed by atoms with van der Waals surface area (Å²) in [6.07, 6.45) is 0.968. The van der Waals surface area contributed by atoms with Crippen molar-refractivity contribution in [1.82, 2.24) is 10.2 Å². The summed E-state index contributed by atoms with van der Waals surface area (Å²) in [7, 11) is 1.60. The van der Waals surface area contributed by atoms with Crippen LogP contribution in [0.3, 0.4) is 0 Å². The van der Waals surface area contributed by atoms with Crippen molar-refractivity contribution in [2.24, 2.45) is 5.92 Å². The second kappa shape index (κ2) is 9.24. The molecule has 1 aliphatic heterocycles. The summed E-state index contributed by atoms with van der Waals surface area (Å²) >= 11 is 0. The molecule has 1 unspecified atom stereocenters. The molecule has 5 nitrogen and oxygen atoms in total. The standard InChI is InChI=1S/C23H26F2N2O3/c1-14-4-7-21(30-3)19(12-14)15(2)26-22(28)16-8-10-27(11-9-16)23(29)18-6-5-17(24)13-20(18)25/h4-7,12-13,15-16H,8-11H2,1-3H3,(H,26,28). The third-order valence-electron chi connectivity index (χ3n) is 5.52. The normalized spacial score (nSPS) is 15.6. The maximum absolute atomic E-state index is 13.9. The predicted octanol–water partition coefficient (Wildman–Crippen LogP) is 4.01. The van der Waals surface area contributed by atoms with Crippen LogP contribution in [0.4, 0.5) is 8.78 Å². The maximum atomic E-state index is 13.9. The van der Waals surface area contributed by atoms with E-state index in [1.807, 2.05) is 32.0 Å². The number of hydrogen-bond acceptors (Lipinski definition) is 3. The van der Waals surface area contributed by atoms with Gasteiger partial charge in [-0.25, -0.2) is 8.78 Å². The Balaban J connectivity index is 1.59. The van der Waals surface area contributed by atoms with Crippen LogP contribution >= 0.6 is 0 Å². The van der Waals surface area contributed by atoms with Gasteiger partial charge in [-0.1, -0.05) is 17.7 Å². The van der Waals surface area contributed by atoms with Crippen molar-refractivity contribution < 1.29 is 23.1 Å². The van der Waals surface area contributed by atoms with E-state index in [0.29, 0.717) is 32.0 Å². The smallest absolute Gasteiger partial charge is 0.256 e. The third kappa shape index (κ3) is 4.78. The number of carbonyl (C=O) groups is 2. The molecule has 1 saturated heterocycles. The van der Waals surface area contributed by atoms with Crippen LogP contribution in [-0.2, 0) is 4.79 Å². The molecule has 0 aliphatic carbocycles. The van der Waals surface area contributed by atoms with Crippen LogP contribution in [0.5, 0.6) is 5.75 Å². The van der Waals surface area contributed by atoms with Crippen LogP contribution in [0, 0.1) is 24.5 Å². The van der Waals surface area contributed by atoms with Crippen molar-refractivity contribution in [2.75, 3.05) is 20.2 Å². The van der Waals surface area contributed by atoms with Crippen LogP contribution in [0.1, 0.15) is 47.3 Å². The molecule has 1 atom stereocenters. The summed E-state index contributed by atoms with van der Waals surface area (Å²) in [5.74, 6) is -1.67. The van der Waals surface area contributed by atoms with Gasteiger partial charge < -0.3 is 15.0 Å². The predicted molar refractivity (Wildman–Crippen MR) is 109 cm³/mol. The fourth-order valence-electron chi connectivity index (χ4n) is 3.78. The number of methoxy groups -OCH3 is 1. The second-order valence-electron chi connectivity index (χ2n) is 7.67. The summed E-state index contributed by atoms with van der Waals surface area (Å²) in [4.78, 5) is 26.8. The number of nitrogens with zero attached hydrogens (tertiary/aromatic N) is 1. The highest BCUT2D eigenvalue weighted by molar-refractivity contribution is 5.94. The molecule has 2 aromatic carbocycles. The first-order valence-corrected chi connectivity index (χ1v) is 9.99. The number of ether oxygens (including phenoxy) is 1. The van der Waals surface area contributed by atoms with Gasteiger partial charge in [0.15, 0.2) is 0 Å². The summed E-state index contributed by atoms with van der Waals surface area (Å²) < 4.78 is 32.4. The van der Waals surface area contributed by atoms with Gasteiger partial charge in [0.1, 0.15) is 17.4 Å². The molecule has 0 radical (unpaired) electrons. The van der Waals surface area contributed by atoms with Gasteiger partial charge in [-0.15, -0.1) is 0 Å². The Kier molecular flexibility index (Phi) is 6.70. The van der Waals surface area contributed by atoms with Crippen molar-refractivity contribution >= 4 is 11.8 Å². The maximum Gasteiger partial charge on any atom is 0.256 e. The van der Waals surface area contributed by atoms with E-state index in [-0.39, 0.29) is 23.4 Å². The van der Waals surface area contributed by atoms with Gasteiger partial charge in [0.05, 0.1) is 18.7 Å². The van der Waals surface area contributed by atoms with Gasteiger partial charge in [-0.2, -0.15) is 0 Å². The van der Waals surface area contributed by atoms with E-state index in [2.05, 4.69) is 5.32 Å². The van der Waals surface area contributed by atoms with Crippen LogP contribution in [0.15, 0.2) is 36.4 Å². The quantitative estimate of drug-likeness (QED) is 0.801. The van der Waals surface area contributed by atoms with Crippen molar-refractivity contribution in [2.45, 2.75) is 32.7 Å². The van der Waals surface area contributed by atoms with Crippen molar-refractivity contribution in [3.8, 4) is 5.75 Å². The van der Waals surface area contributed by atoms with Crippen LogP contribution in [-0.4, -0.2) is 36.9 Å². The monoisotopic (exact) mass is 416 g/mol. The van der Waals surface area contributed by atoms with Gasteiger partial charge in [0.2, 0.25) is 5.91 Å². The molecule has 30 heavy (non-hydrogen) atoms. The van der Waals surface area contributed by atoms with E-state index in [4.69, 9.17) is 4.74 Å². The molecule has 3 rings (SSSR count). The fraction of sp³-hybridized carbons (Fsp3) is 0.391. The molecule has 1 aliphatic rings. The van der Waals surface area contributed by atoms with Gasteiger partial charge in [0, 0.05) is 30.6 Å². The molecule has 1 fully saturated rings. The zero-order valence-corrected chi connectivity index (χ0v) is 17.4. The Morgan fingerprint density at radius 1 is 1.13 bits per heavy atom.